The lowest BCUT2D eigenvalue weighted by molar-refractivity contribution is -0.182. The van der Waals surface area contributed by atoms with E-state index >= 15 is 14.4 Å². The van der Waals surface area contributed by atoms with Crippen molar-refractivity contribution < 1.29 is 84.3 Å². The Morgan fingerprint density at radius 1 is 0.567 bits per heavy atom. The van der Waals surface area contributed by atoms with Crippen LogP contribution in [0.2, 0.25) is 0 Å². The fourth-order valence-corrected chi connectivity index (χ4v) is 15.4. The molecule has 3 aliphatic heterocycles. The number of nitrogens with zero attached hydrogens (tertiary/aromatic N) is 10. The molecule has 0 aromatic rings. The molecule has 2 saturated carbocycles. The third kappa shape index (κ3) is 24.0. The molecular weight excluding hydrogens is 1390 g/mol. The second kappa shape index (κ2) is 39.1. The zero-order chi connectivity index (χ0) is 78.2. The van der Waals surface area contributed by atoms with Crippen LogP contribution in [0, 0.1) is 35.5 Å². The number of halogens is 6. The number of piperidine rings is 2. The highest BCUT2D eigenvalue weighted by molar-refractivity contribution is 6.21. The van der Waals surface area contributed by atoms with Gasteiger partial charge < -0.3 is 64.9 Å². The number of rotatable bonds is 13. The predicted octanol–water partition coefficient (Wildman–Crippen LogP) is 5.12. The third-order valence-electron chi connectivity index (χ3n) is 22.0. The highest BCUT2D eigenvalue weighted by Gasteiger charge is 2.49. The van der Waals surface area contributed by atoms with E-state index in [-0.39, 0.29) is 56.8 Å². The normalized spacial score (nSPS) is 28.8. The molecule has 13 amide bonds. The van der Waals surface area contributed by atoms with Crippen molar-refractivity contribution in [1.29, 1.82) is 0 Å². The van der Waals surface area contributed by atoms with Crippen molar-refractivity contribution in [3.63, 3.8) is 0 Å². The van der Waals surface area contributed by atoms with Crippen molar-refractivity contribution in [2.24, 2.45) is 35.5 Å². The Kier molecular flexibility index (Phi) is 32.9. The highest BCUT2D eigenvalue weighted by atomic mass is 35.5. The summed E-state index contributed by atoms with van der Waals surface area (Å²) in [5, 5.41) is 6.77. The molecular formula is C72H117ClF5N13O13. The first-order valence-electron chi connectivity index (χ1n) is 37.1. The van der Waals surface area contributed by atoms with Crippen LogP contribution >= 0.6 is 11.6 Å². The second-order valence-electron chi connectivity index (χ2n) is 30.8. The summed E-state index contributed by atoms with van der Waals surface area (Å²) in [7, 11) is 10.5. The molecule has 32 heteroatoms. The van der Waals surface area contributed by atoms with Gasteiger partial charge in [0.1, 0.15) is 48.3 Å². The van der Waals surface area contributed by atoms with E-state index in [1.807, 2.05) is 13.8 Å². The van der Waals surface area contributed by atoms with Gasteiger partial charge in [0.05, 0.1) is 38.4 Å². The number of likely N-dealkylation sites (tertiary alicyclic amines) is 2. The molecule has 5 fully saturated rings. The minimum atomic E-state index is -4.59. The lowest BCUT2D eigenvalue weighted by atomic mass is 9.78. The fourth-order valence-electron chi connectivity index (χ4n) is 14.9. The number of hydrogen-bond donors (Lipinski definition) is 3. The number of alkyl halides is 6. The van der Waals surface area contributed by atoms with Gasteiger partial charge >= 0.3 is 6.18 Å². The quantitative estimate of drug-likeness (QED) is 0.160. The standard InChI is InChI=1S/C72H117ClF5N13O13/c1-16-45(6)61-69(103)84(10)41-59(95)82(8)42-60(96)86(12)54(37-47-23-19-17-20-24-47)67(101)83(9)40-56(92)80-51(28-26-48-25-27-49(50(73)36-48)72(76,77)78)66(100)87(13)53(38-58(94)90-33-29-71(74,75)30-34-90)63(97)79-46(7)65(99)89(15)62(44(4)5)70(104)88(14)55(68(102)91-31-21-18-22-32-91)39-57(93)85(11)52(35-43(2)3)64(98)81-61/h43-55,61-62H,16-42H2,1-15H3,(H,79,97)(H,80,92)(H,81,98)/t45-,46-,48?,49?,50?,51-,52-,53-,54-,55-,61-,62-/m0/s1. The van der Waals surface area contributed by atoms with Gasteiger partial charge in [-0.05, 0) is 101 Å². The molecule has 3 N–H and O–H groups in total. The van der Waals surface area contributed by atoms with Gasteiger partial charge in [-0.3, -0.25) is 62.3 Å². The van der Waals surface area contributed by atoms with Crippen LogP contribution in [0.25, 0.3) is 0 Å². The summed E-state index contributed by atoms with van der Waals surface area (Å²) in [6.07, 6.45) is -1.40. The Labute approximate surface area is 615 Å². The molecule has 0 aromatic carbocycles. The molecule has 2 aliphatic carbocycles. The van der Waals surface area contributed by atoms with Crippen molar-refractivity contribution >= 4 is 88.4 Å². The predicted molar refractivity (Wildman–Crippen MR) is 378 cm³/mol. The molecule has 0 radical (unpaired) electrons. The Morgan fingerprint density at radius 3 is 1.70 bits per heavy atom. The number of hydrogen-bond acceptors (Lipinski definition) is 13. The van der Waals surface area contributed by atoms with Gasteiger partial charge in [-0.1, -0.05) is 80.1 Å². The average Bonchev–Trinajstić information content (AvgIpc) is 0.805. The van der Waals surface area contributed by atoms with Crippen LogP contribution in [0.5, 0.6) is 0 Å². The molecule has 0 bridgehead atoms. The number of carbonyl (C=O) groups excluding carboxylic acids is 13. The fraction of sp³-hybridized carbons (Fsp3) is 0.819. The average molecular weight is 1500 g/mol. The number of likely N-dealkylation sites (N-methyl/N-ethyl adjacent to an activating group) is 8. The van der Waals surface area contributed by atoms with E-state index in [0.717, 1.165) is 79.9 Å². The van der Waals surface area contributed by atoms with Crippen molar-refractivity contribution in [2.45, 2.75) is 243 Å². The van der Waals surface area contributed by atoms with Gasteiger partial charge in [0.25, 0.3) is 5.92 Å². The maximum atomic E-state index is 15.3. The molecule has 590 valence electrons. The molecule has 26 nitrogen and oxygen atoms in total. The molecule has 5 rings (SSSR count). The topological polar surface area (TPSA) is 290 Å². The van der Waals surface area contributed by atoms with Crippen LogP contribution < -0.4 is 16.0 Å². The van der Waals surface area contributed by atoms with Crippen LogP contribution in [-0.4, -0.2) is 294 Å². The third-order valence-corrected chi connectivity index (χ3v) is 22.5. The lowest BCUT2D eigenvalue weighted by Crippen LogP contribution is -2.61. The van der Waals surface area contributed by atoms with Crippen LogP contribution in [0.4, 0.5) is 22.0 Å². The van der Waals surface area contributed by atoms with Gasteiger partial charge in [0.15, 0.2) is 0 Å². The molecule has 104 heavy (non-hydrogen) atoms. The Hall–Kier alpha value is -6.95. The van der Waals surface area contributed by atoms with Crippen molar-refractivity contribution in [3.8, 4) is 0 Å². The zero-order valence-electron chi connectivity index (χ0n) is 63.8. The van der Waals surface area contributed by atoms with Crippen molar-refractivity contribution in [1.82, 2.24) is 64.9 Å². The minimum Gasteiger partial charge on any atom is -0.343 e. The summed E-state index contributed by atoms with van der Waals surface area (Å²) < 4.78 is 71.2. The maximum absolute atomic E-state index is 15.3. The summed E-state index contributed by atoms with van der Waals surface area (Å²) in [5.41, 5.74) is 0. The monoisotopic (exact) mass is 1500 g/mol. The smallest absolute Gasteiger partial charge is 0.343 e. The van der Waals surface area contributed by atoms with E-state index in [1.54, 1.807) is 32.6 Å². The summed E-state index contributed by atoms with van der Waals surface area (Å²) in [6.45, 7) is 9.61. The number of nitrogens with one attached hydrogen (secondary N) is 3. The summed E-state index contributed by atoms with van der Waals surface area (Å²) >= 11 is 6.37. The van der Waals surface area contributed by atoms with Gasteiger partial charge in [-0.15, -0.1) is 11.6 Å². The maximum Gasteiger partial charge on any atom is 0.393 e. The molecule has 3 heterocycles. The van der Waals surface area contributed by atoms with Gasteiger partial charge in [0, 0.05) is 101 Å². The summed E-state index contributed by atoms with van der Waals surface area (Å²) in [4.78, 5) is 203. The van der Waals surface area contributed by atoms with E-state index in [2.05, 4.69) is 16.0 Å². The first kappa shape index (κ1) is 87.7. The summed E-state index contributed by atoms with van der Waals surface area (Å²) in [5.74, 6) is -17.3. The van der Waals surface area contributed by atoms with Crippen LogP contribution in [-0.2, 0) is 62.3 Å². The SMILES string of the molecule is CC[C@H](C)[C@@H]1NC(=O)[C@H](CC(C)C)N(C)C(=O)C[C@@H](C(=O)N2CCCCC2)N(C)C(=O)[C@H](C(C)C)N(C)C(=O)[C@H](C)NC(=O)[C@H](CC(=O)N2CCC(F)(F)CC2)N(C)C(=O)[C@H](CCC2CCC(C(F)(F)F)C(Cl)C2)NC(=O)CN(C)C(=O)[C@H](CC2CCCCC2)N(C)C(=O)CN(C)C(=O)CN(C)C1=O. The first-order chi connectivity index (χ1) is 48.5. The van der Waals surface area contributed by atoms with E-state index in [0.29, 0.717) is 32.4 Å². The molecule has 12 atom stereocenters. The van der Waals surface area contributed by atoms with E-state index in [4.69, 9.17) is 11.6 Å². The van der Waals surface area contributed by atoms with Gasteiger partial charge in [-0.2, -0.15) is 13.2 Å². The van der Waals surface area contributed by atoms with Crippen LogP contribution in [0.1, 0.15) is 177 Å². The largest absolute Gasteiger partial charge is 0.393 e. The molecule has 3 unspecified atom stereocenters. The van der Waals surface area contributed by atoms with Gasteiger partial charge in [0.2, 0.25) is 76.8 Å². The molecule has 0 spiro atoms. The summed E-state index contributed by atoms with van der Waals surface area (Å²) in [6, 6.07) is -11.6. The number of carbonyl (C=O) groups is 13. The van der Waals surface area contributed by atoms with Crippen LogP contribution in [0.15, 0.2) is 0 Å². The first-order valence-corrected chi connectivity index (χ1v) is 37.6. The Bertz CT molecular complexity index is 3020. The van der Waals surface area contributed by atoms with Crippen molar-refractivity contribution in [2.75, 3.05) is 102 Å². The van der Waals surface area contributed by atoms with E-state index < -0.39 is 225 Å². The molecule has 3 saturated heterocycles. The zero-order valence-corrected chi connectivity index (χ0v) is 64.6. The van der Waals surface area contributed by atoms with E-state index in [1.165, 1.54) is 66.1 Å². The Morgan fingerprint density at radius 2 is 1.13 bits per heavy atom. The Balaban J connectivity index is 1.64. The van der Waals surface area contributed by atoms with Gasteiger partial charge in [-0.25, -0.2) is 8.78 Å². The second-order valence-corrected chi connectivity index (χ2v) is 31.4. The van der Waals surface area contributed by atoms with Crippen LogP contribution in [0.3, 0.4) is 0 Å². The number of amides is 13. The highest BCUT2D eigenvalue weighted by Crippen LogP contribution is 2.44. The molecule has 5 aliphatic rings. The van der Waals surface area contributed by atoms with E-state index in [9.17, 15) is 69.9 Å². The minimum absolute atomic E-state index is 0.00364. The van der Waals surface area contributed by atoms with Crippen molar-refractivity contribution in [3.05, 3.63) is 0 Å². The lowest BCUT2D eigenvalue weighted by Gasteiger charge is -2.40. The molecule has 0 aromatic heterocycles.